The second-order valence-corrected chi connectivity index (χ2v) is 5.47. The molecule has 0 amide bonds. The Balaban J connectivity index is 2.04. The van der Waals surface area contributed by atoms with Gasteiger partial charge in [0.15, 0.2) is 0 Å². The first kappa shape index (κ1) is 17.2. The molecular formula is C21H19N3O2. The minimum absolute atomic E-state index is 0.379. The highest BCUT2D eigenvalue weighted by Gasteiger charge is 2.18. The molecular weight excluding hydrogens is 326 g/mol. The summed E-state index contributed by atoms with van der Waals surface area (Å²) < 4.78 is 0. The molecule has 0 saturated carbocycles. The number of hydrogen-bond acceptors (Lipinski definition) is 3. The van der Waals surface area contributed by atoms with E-state index in [0.717, 1.165) is 11.4 Å². The number of carbonyl (C=O) groups excluding carboxylic acids is 1. The van der Waals surface area contributed by atoms with E-state index in [-0.39, 0.29) is 0 Å². The SMILES string of the molecule is CC(=O)ON(C(=Nc1ccccc1)Nc1ccccc1)c1ccccc1. The predicted octanol–water partition coefficient (Wildman–Crippen LogP) is 4.77. The molecule has 0 aliphatic carbocycles. The fourth-order valence-electron chi connectivity index (χ4n) is 2.31. The molecule has 0 bridgehead atoms. The van der Waals surface area contributed by atoms with E-state index in [4.69, 9.17) is 4.84 Å². The molecule has 0 aliphatic heterocycles. The Morgan fingerprint density at radius 1 is 0.846 bits per heavy atom. The van der Waals surface area contributed by atoms with Gasteiger partial charge >= 0.3 is 5.97 Å². The highest BCUT2D eigenvalue weighted by atomic mass is 16.7. The van der Waals surface area contributed by atoms with Crippen LogP contribution < -0.4 is 10.4 Å². The van der Waals surface area contributed by atoms with E-state index < -0.39 is 5.97 Å². The number of aliphatic imine (C=N–C) groups is 1. The Morgan fingerprint density at radius 2 is 1.38 bits per heavy atom. The van der Waals surface area contributed by atoms with Gasteiger partial charge in [-0.3, -0.25) is 0 Å². The summed E-state index contributed by atoms with van der Waals surface area (Å²) in [5.41, 5.74) is 2.25. The summed E-state index contributed by atoms with van der Waals surface area (Å²) in [5.74, 6) is -0.0618. The predicted molar refractivity (Wildman–Crippen MR) is 104 cm³/mol. The fraction of sp³-hybridized carbons (Fsp3) is 0.0476. The molecule has 3 aromatic rings. The third kappa shape index (κ3) is 4.70. The second-order valence-electron chi connectivity index (χ2n) is 5.47. The van der Waals surface area contributed by atoms with E-state index >= 15 is 0 Å². The van der Waals surface area contributed by atoms with Gasteiger partial charge < -0.3 is 10.2 Å². The summed E-state index contributed by atoms with van der Waals surface area (Å²) in [7, 11) is 0. The highest BCUT2D eigenvalue weighted by molar-refractivity contribution is 6.06. The third-order valence-electron chi connectivity index (χ3n) is 3.42. The van der Waals surface area contributed by atoms with Gasteiger partial charge in [-0.15, -0.1) is 5.06 Å². The molecule has 0 aromatic heterocycles. The highest BCUT2D eigenvalue weighted by Crippen LogP contribution is 2.20. The standard InChI is InChI=1S/C21H19N3O2/c1-17(25)26-24(20-15-9-4-10-16-20)21(22-18-11-5-2-6-12-18)23-19-13-7-3-8-14-19/h2-16H,1H3,(H,22,23). The average Bonchev–Trinajstić information content (AvgIpc) is 2.68. The maximum absolute atomic E-state index is 11.7. The lowest BCUT2D eigenvalue weighted by molar-refractivity contribution is -0.140. The number of benzene rings is 3. The maximum Gasteiger partial charge on any atom is 0.330 e. The Labute approximate surface area is 152 Å². The smallest absolute Gasteiger partial charge is 0.330 e. The Bertz CT molecular complexity index is 866. The van der Waals surface area contributed by atoms with Crippen LogP contribution in [0.1, 0.15) is 6.92 Å². The number of rotatable bonds is 3. The van der Waals surface area contributed by atoms with Crippen molar-refractivity contribution in [2.45, 2.75) is 6.92 Å². The molecule has 0 fully saturated rings. The van der Waals surface area contributed by atoms with Crippen molar-refractivity contribution >= 4 is 29.0 Å². The number of guanidine groups is 1. The molecule has 0 spiro atoms. The van der Waals surface area contributed by atoms with Gasteiger partial charge in [0.2, 0.25) is 5.96 Å². The van der Waals surface area contributed by atoms with Crippen LogP contribution in [-0.2, 0) is 9.63 Å². The summed E-state index contributed by atoms with van der Waals surface area (Å²) in [6.45, 7) is 1.36. The van der Waals surface area contributed by atoms with Crippen molar-refractivity contribution in [3.05, 3.63) is 91.0 Å². The molecule has 0 saturated heterocycles. The van der Waals surface area contributed by atoms with Gasteiger partial charge in [-0.2, -0.15) is 0 Å². The second kappa shape index (κ2) is 8.48. The third-order valence-corrected chi connectivity index (χ3v) is 3.42. The summed E-state index contributed by atoms with van der Waals surface area (Å²) in [5, 5.41) is 4.62. The van der Waals surface area contributed by atoms with E-state index in [0.29, 0.717) is 11.6 Å². The van der Waals surface area contributed by atoms with Gasteiger partial charge in [0.1, 0.15) is 0 Å². The van der Waals surface area contributed by atoms with E-state index in [1.165, 1.54) is 12.0 Å². The molecule has 0 atom stereocenters. The van der Waals surface area contributed by atoms with Crippen LogP contribution in [0.3, 0.4) is 0 Å². The number of nitrogens with one attached hydrogen (secondary N) is 1. The summed E-state index contributed by atoms with van der Waals surface area (Å²) in [4.78, 5) is 21.8. The molecule has 130 valence electrons. The first-order chi connectivity index (χ1) is 12.7. The largest absolute Gasteiger partial charge is 0.333 e. The van der Waals surface area contributed by atoms with Crippen molar-refractivity contribution in [2.24, 2.45) is 4.99 Å². The monoisotopic (exact) mass is 345 g/mol. The van der Waals surface area contributed by atoms with Crippen LogP contribution in [0.2, 0.25) is 0 Å². The number of hydrogen-bond donors (Lipinski definition) is 1. The topological polar surface area (TPSA) is 53.9 Å². The fourth-order valence-corrected chi connectivity index (χ4v) is 2.31. The molecule has 3 aromatic carbocycles. The van der Waals surface area contributed by atoms with Crippen LogP contribution in [0.5, 0.6) is 0 Å². The number of anilines is 2. The lowest BCUT2D eigenvalue weighted by Gasteiger charge is -2.24. The minimum Gasteiger partial charge on any atom is -0.333 e. The van der Waals surface area contributed by atoms with Crippen molar-refractivity contribution in [3.63, 3.8) is 0 Å². The number of nitrogens with zero attached hydrogens (tertiary/aromatic N) is 2. The molecule has 5 nitrogen and oxygen atoms in total. The zero-order valence-electron chi connectivity index (χ0n) is 14.4. The van der Waals surface area contributed by atoms with Gasteiger partial charge in [0.05, 0.1) is 11.4 Å². The van der Waals surface area contributed by atoms with Crippen LogP contribution in [0, 0.1) is 0 Å². The van der Waals surface area contributed by atoms with Crippen molar-refractivity contribution < 1.29 is 9.63 Å². The number of para-hydroxylation sites is 3. The number of carbonyl (C=O) groups is 1. The summed E-state index contributed by atoms with van der Waals surface area (Å²) in [6, 6.07) is 28.4. The molecule has 5 heteroatoms. The Morgan fingerprint density at radius 3 is 1.96 bits per heavy atom. The first-order valence-corrected chi connectivity index (χ1v) is 8.22. The summed E-state index contributed by atoms with van der Waals surface area (Å²) in [6.07, 6.45) is 0. The van der Waals surface area contributed by atoms with Gasteiger partial charge in [0.25, 0.3) is 0 Å². The van der Waals surface area contributed by atoms with Crippen molar-refractivity contribution in [1.29, 1.82) is 0 Å². The van der Waals surface area contributed by atoms with Crippen molar-refractivity contribution in [3.8, 4) is 0 Å². The molecule has 0 unspecified atom stereocenters. The lowest BCUT2D eigenvalue weighted by atomic mass is 10.3. The number of hydroxylamine groups is 1. The molecule has 1 N–H and O–H groups in total. The Kier molecular flexibility index (Phi) is 5.62. The lowest BCUT2D eigenvalue weighted by Crippen LogP contribution is -2.37. The molecule has 26 heavy (non-hydrogen) atoms. The van der Waals surface area contributed by atoms with Gasteiger partial charge in [-0.1, -0.05) is 54.6 Å². The normalized spacial score (nSPS) is 10.9. The van der Waals surface area contributed by atoms with Crippen LogP contribution in [0.25, 0.3) is 0 Å². The average molecular weight is 345 g/mol. The van der Waals surface area contributed by atoms with Gasteiger partial charge in [-0.25, -0.2) is 9.79 Å². The Hall–Kier alpha value is -3.60. The zero-order valence-corrected chi connectivity index (χ0v) is 14.4. The van der Waals surface area contributed by atoms with Crippen molar-refractivity contribution in [2.75, 3.05) is 10.4 Å². The van der Waals surface area contributed by atoms with Crippen LogP contribution >= 0.6 is 0 Å². The van der Waals surface area contributed by atoms with Gasteiger partial charge in [-0.05, 0) is 36.4 Å². The quantitative estimate of drug-likeness (QED) is 0.422. The zero-order chi connectivity index (χ0) is 18.2. The van der Waals surface area contributed by atoms with Gasteiger partial charge in [0, 0.05) is 12.6 Å². The first-order valence-electron chi connectivity index (χ1n) is 8.22. The van der Waals surface area contributed by atoms with Crippen LogP contribution in [-0.4, -0.2) is 11.9 Å². The van der Waals surface area contributed by atoms with Crippen molar-refractivity contribution in [1.82, 2.24) is 0 Å². The molecule has 0 radical (unpaired) electrons. The van der Waals surface area contributed by atoms with E-state index in [9.17, 15) is 4.79 Å². The molecule has 0 heterocycles. The maximum atomic E-state index is 11.7. The minimum atomic E-state index is -0.440. The summed E-state index contributed by atoms with van der Waals surface area (Å²) >= 11 is 0. The molecule has 0 aliphatic rings. The molecule has 3 rings (SSSR count). The van der Waals surface area contributed by atoms with E-state index in [2.05, 4.69) is 10.3 Å². The van der Waals surface area contributed by atoms with E-state index in [1.54, 1.807) is 0 Å². The van der Waals surface area contributed by atoms with Crippen LogP contribution in [0.15, 0.2) is 96.0 Å². The van der Waals surface area contributed by atoms with Crippen LogP contribution in [0.4, 0.5) is 17.1 Å². The van der Waals surface area contributed by atoms with E-state index in [1.807, 2.05) is 91.0 Å².